The second-order valence-corrected chi connectivity index (χ2v) is 4.58. The highest BCUT2D eigenvalue weighted by atomic mass is 79.9. The van der Waals surface area contributed by atoms with Gasteiger partial charge in [-0.25, -0.2) is 0 Å². The Morgan fingerprint density at radius 1 is 1.25 bits per heavy atom. The van der Waals surface area contributed by atoms with E-state index in [-0.39, 0.29) is 0 Å². The highest BCUT2D eigenvalue weighted by molar-refractivity contribution is 9.10. The van der Waals surface area contributed by atoms with Crippen LogP contribution in [0.1, 0.15) is 6.92 Å². The average molecular weight is 300 g/mol. The second-order valence-electron chi connectivity index (χ2n) is 2.94. The molecule has 0 atom stereocenters. The van der Waals surface area contributed by atoms with Crippen molar-refractivity contribution in [1.29, 1.82) is 0 Å². The highest BCUT2D eigenvalue weighted by Gasteiger charge is 2.02. The maximum absolute atomic E-state index is 5.55. The Balaban J connectivity index is 2.05. The van der Waals surface area contributed by atoms with Gasteiger partial charge < -0.3 is 9.47 Å². The average Bonchev–Trinajstić information content (AvgIpc) is 2.67. The minimum absolute atomic E-state index is 0.621. The summed E-state index contributed by atoms with van der Waals surface area (Å²) >= 11 is 4.72. The lowest BCUT2D eigenvalue weighted by atomic mass is 10.3. The Morgan fingerprint density at radius 3 is 2.50 bits per heavy atom. The summed E-state index contributed by atoms with van der Waals surface area (Å²) in [4.78, 5) is 4.15. The van der Waals surface area contributed by atoms with Gasteiger partial charge in [-0.05, 0) is 47.1 Å². The molecule has 2 rings (SSSR count). The van der Waals surface area contributed by atoms with Crippen LogP contribution in [-0.2, 0) is 0 Å². The number of nitrogens with zero attached hydrogens (tertiary/aromatic N) is 1. The fourth-order valence-electron chi connectivity index (χ4n) is 1.16. The molecule has 16 heavy (non-hydrogen) atoms. The number of ether oxygens (including phenoxy) is 2. The largest absolute Gasteiger partial charge is 0.494 e. The lowest BCUT2D eigenvalue weighted by Gasteiger charge is -2.04. The third-order valence-electron chi connectivity index (χ3n) is 1.79. The molecule has 0 aliphatic heterocycles. The van der Waals surface area contributed by atoms with Crippen LogP contribution >= 0.6 is 27.3 Å². The van der Waals surface area contributed by atoms with Gasteiger partial charge in [0.25, 0.3) is 5.19 Å². The van der Waals surface area contributed by atoms with Gasteiger partial charge in [-0.15, -0.1) is 0 Å². The van der Waals surface area contributed by atoms with Crippen LogP contribution in [0, 0.1) is 0 Å². The summed E-state index contributed by atoms with van der Waals surface area (Å²) in [5.41, 5.74) is 0. The Morgan fingerprint density at radius 2 is 1.94 bits per heavy atom. The van der Waals surface area contributed by atoms with Gasteiger partial charge in [0.2, 0.25) is 0 Å². The summed E-state index contributed by atoms with van der Waals surface area (Å²) < 4.78 is 11.7. The third kappa shape index (κ3) is 2.96. The third-order valence-corrected chi connectivity index (χ3v) is 3.22. The minimum Gasteiger partial charge on any atom is -0.494 e. The van der Waals surface area contributed by atoms with E-state index in [0.717, 1.165) is 16.1 Å². The van der Waals surface area contributed by atoms with Crippen LogP contribution in [-0.4, -0.2) is 11.6 Å². The van der Waals surface area contributed by atoms with Gasteiger partial charge in [0.1, 0.15) is 16.1 Å². The molecule has 1 aromatic carbocycles. The maximum atomic E-state index is 5.55. The van der Waals surface area contributed by atoms with E-state index in [1.165, 1.54) is 11.3 Å². The molecule has 0 bridgehead atoms. The van der Waals surface area contributed by atoms with Gasteiger partial charge in [0.15, 0.2) is 0 Å². The molecule has 3 nitrogen and oxygen atoms in total. The Kier molecular flexibility index (Phi) is 3.79. The smallest absolute Gasteiger partial charge is 0.279 e. The molecule has 0 spiro atoms. The van der Waals surface area contributed by atoms with Gasteiger partial charge >= 0.3 is 0 Å². The molecule has 0 fully saturated rings. The molecule has 1 heterocycles. The number of halogens is 1. The van der Waals surface area contributed by atoms with Crippen molar-refractivity contribution >= 4 is 27.3 Å². The van der Waals surface area contributed by atoms with Crippen molar-refractivity contribution in [2.75, 3.05) is 6.61 Å². The second kappa shape index (κ2) is 5.32. The van der Waals surface area contributed by atoms with Crippen LogP contribution in [0.4, 0.5) is 0 Å². The first-order valence-electron chi connectivity index (χ1n) is 4.79. The summed E-state index contributed by atoms with van der Waals surface area (Å²) in [6.45, 7) is 2.62. The lowest BCUT2D eigenvalue weighted by molar-refractivity contribution is 0.339. The summed E-state index contributed by atoms with van der Waals surface area (Å²) in [7, 11) is 0. The van der Waals surface area contributed by atoms with Gasteiger partial charge in [-0.3, -0.25) is 0 Å². The predicted octanol–water partition coefficient (Wildman–Crippen LogP) is 4.10. The molecule has 0 amide bonds. The zero-order chi connectivity index (χ0) is 11.4. The minimum atomic E-state index is 0.621. The van der Waals surface area contributed by atoms with Crippen molar-refractivity contribution in [3.8, 4) is 16.7 Å². The molecule has 0 radical (unpaired) electrons. The molecule has 0 unspecified atom stereocenters. The first kappa shape index (κ1) is 11.4. The molecule has 0 saturated heterocycles. The molecule has 0 N–H and O–H groups in total. The fourth-order valence-corrected chi connectivity index (χ4v) is 2.26. The van der Waals surface area contributed by atoms with E-state index < -0.39 is 0 Å². The van der Waals surface area contributed by atoms with Crippen LogP contribution in [0.25, 0.3) is 0 Å². The van der Waals surface area contributed by atoms with E-state index in [9.17, 15) is 0 Å². The predicted molar refractivity (Wildman–Crippen MR) is 67.5 cm³/mol. The molecule has 5 heteroatoms. The Bertz CT molecular complexity index is 455. The standard InChI is InChI=1S/C11H10BrNO2S/c1-2-14-8-3-5-9(6-4-8)15-11-13-10(12)7-16-11/h3-7H,2H2,1H3. The molecule has 1 aromatic heterocycles. The number of hydrogen-bond donors (Lipinski definition) is 0. The quantitative estimate of drug-likeness (QED) is 0.852. The fraction of sp³-hybridized carbons (Fsp3) is 0.182. The molecule has 0 saturated carbocycles. The molecule has 0 aliphatic carbocycles. The maximum Gasteiger partial charge on any atom is 0.279 e. The van der Waals surface area contributed by atoms with E-state index >= 15 is 0 Å². The number of aromatic nitrogens is 1. The summed E-state index contributed by atoms with van der Waals surface area (Å²) in [5.74, 6) is 1.60. The van der Waals surface area contributed by atoms with Crippen LogP contribution in [0.2, 0.25) is 0 Å². The van der Waals surface area contributed by atoms with Crippen molar-refractivity contribution in [2.24, 2.45) is 0 Å². The first-order valence-corrected chi connectivity index (χ1v) is 6.47. The van der Waals surface area contributed by atoms with E-state index in [4.69, 9.17) is 9.47 Å². The SMILES string of the molecule is CCOc1ccc(Oc2nc(Br)cs2)cc1. The van der Waals surface area contributed by atoms with Crippen molar-refractivity contribution in [1.82, 2.24) is 4.98 Å². The van der Waals surface area contributed by atoms with Gasteiger partial charge in [-0.2, -0.15) is 4.98 Å². The molecular formula is C11H10BrNO2S. The van der Waals surface area contributed by atoms with E-state index in [1.54, 1.807) is 0 Å². The van der Waals surface area contributed by atoms with E-state index in [0.29, 0.717) is 11.8 Å². The van der Waals surface area contributed by atoms with Gasteiger partial charge in [-0.1, -0.05) is 11.3 Å². The molecule has 0 aliphatic rings. The number of benzene rings is 1. The lowest BCUT2D eigenvalue weighted by Crippen LogP contribution is -1.90. The zero-order valence-corrected chi connectivity index (χ0v) is 11.0. The summed E-state index contributed by atoms with van der Waals surface area (Å²) in [6.07, 6.45) is 0. The topological polar surface area (TPSA) is 31.4 Å². The van der Waals surface area contributed by atoms with Crippen molar-refractivity contribution in [3.05, 3.63) is 34.2 Å². The van der Waals surface area contributed by atoms with Crippen molar-refractivity contribution in [3.63, 3.8) is 0 Å². The summed E-state index contributed by atoms with van der Waals surface area (Å²) in [5, 5.41) is 2.50. The summed E-state index contributed by atoms with van der Waals surface area (Å²) in [6, 6.07) is 7.48. The van der Waals surface area contributed by atoms with Crippen molar-refractivity contribution in [2.45, 2.75) is 6.92 Å². The normalized spacial score (nSPS) is 10.1. The van der Waals surface area contributed by atoms with Crippen LogP contribution < -0.4 is 9.47 Å². The van der Waals surface area contributed by atoms with E-state index in [1.807, 2.05) is 36.6 Å². The van der Waals surface area contributed by atoms with Crippen LogP contribution in [0.3, 0.4) is 0 Å². The zero-order valence-electron chi connectivity index (χ0n) is 8.64. The van der Waals surface area contributed by atoms with Crippen LogP contribution in [0.5, 0.6) is 16.7 Å². The Labute approximate surface area is 106 Å². The van der Waals surface area contributed by atoms with Crippen LogP contribution in [0.15, 0.2) is 34.2 Å². The number of thiazole rings is 1. The number of rotatable bonds is 4. The first-order chi connectivity index (χ1) is 7.78. The van der Waals surface area contributed by atoms with Gasteiger partial charge in [0, 0.05) is 5.38 Å². The number of hydrogen-bond acceptors (Lipinski definition) is 4. The monoisotopic (exact) mass is 299 g/mol. The highest BCUT2D eigenvalue weighted by Crippen LogP contribution is 2.28. The van der Waals surface area contributed by atoms with Crippen molar-refractivity contribution < 1.29 is 9.47 Å². The molecule has 84 valence electrons. The molecule has 2 aromatic rings. The molecular weight excluding hydrogens is 290 g/mol. The van der Waals surface area contributed by atoms with Gasteiger partial charge in [0.05, 0.1) is 6.61 Å². The Hall–Kier alpha value is -1.07. The van der Waals surface area contributed by atoms with E-state index in [2.05, 4.69) is 20.9 Å².